The number of carbonyl (C=O) groups is 1. The number of hydrogen-bond acceptors (Lipinski definition) is 6. The number of rotatable bonds is 3. The molecule has 0 radical (unpaired) electrons. The second-order valence-corrected chi connectivity index (χ2v) is 8.51. The zero-order valence-corrected chi connectivity index (χ0v) is 16.3. The number of benzene rings is 1. The number of anilines is 1. The molecule has 30 heavy (non-hydrogen) atoms. The molecule has 0 unspecified atom stereocenters. The van der Waals surface area contributed by atoms with Gasteiger partial charge in [0.1, 0.15) is 6.23 Å². The van der Waals surface area contributed by atoms with Crippen LogP contribution in [0, 0.1) is 23.2 Å². The molecule has 160 valence electrons. The Bertz CT molecular complexity index is 964. The third kappa shape index (κ3) is 2.37. The van der Waals surface area contributed by atoms with E-state index in [2.05, 4.69) is 5.48 Å². The van der Waals surface area contributed by atoms with Gasteiger partial charge in [-0.1, -0.05) is 0 Å². The van der Waals surface area contributed by atoms with Crippen molar-refractivity contribution in [1.82, 2.24) is 5.48 Å². The number of halogens is 3. The number of carbonyl (C=O) groups excluding carboxylic acids is 1. The summed E-state index contributed by atoms with van der Waals surface area (Å²) < 4.78 is 52.8. The van der Waals surface area contributed by atoms with E-state index in [1.165, 1.54) is 18.1 Å². The van der Waals surface area contributed by atoms with Gasteiger partial charge in [-0.15, -0.1) is 0 Å². The quantitative estimate of drug-likeness (QED) is 0.752. The summed E-state index contributed by atoms with van der Waals surface area (Å²) in [4.78, 5) is 19.9. The van der Waals surface area contributed by atoms with Crippen LogP contribution in [-0.2, 0) is 25.3 Å². The summed E-state index contributed by atoms with van der Waals surface area (Å²) in [5.41, 5.74) is 0.0370. The molecule has 1 aromatic rings. The van der Waals surface area contributed by atoms with Crippen LogP contribution in [0.2, 0.25) is 0 Å². The van der Waals surface area contributed by atoms with E-state index in [4.69, 9.17) is 19.6 Å². The van der Waals surface area contributed by atoms with Crippen molar-refractivity contribution in [3.8, 4) is 6.07 Å². The number of nitrogens with one attached hydrogen (secondary N) is 1. The highest BCUT2D eigenvalue weighted by Gasteiger charge is 2.78. The molecule has 10 heteroatoms. The van der Waals surface area contributed by atoms with Crippen LogP contribution in [0.1, 0.15) is 30.9 Å². The Morgan fingerprint density at radius 3 is 2.83 bits per heavy atom. The molecule has 4 heterocycles. The van der Waals surface area contributed by atoms with Crippen LogP contribution < -0.4 is 10.4 Å². The number of amides is 1. The van der Waals surface area contributed by atoms with E-state index in [9.17, 15) is 18.0 Å². The highest BCUT2D eigenvalue weighted by Crippen LogP contribution is 2.65. The van der Waals surface area contributed by atoms with Gasteiger partial charge in [-0.25, -0.2) is 0 Å². The van der Waals surface area contributed by atoms with Gasteiger partial charge in [-0.05, 0) is 31.5 Å². The molecule has 1 N–H and O–H groups in total. The molecular formula is C20H20F3N3O4. The summed E-state index contributed by atoms with van der Waals surface area (Å²) in [5, 5.41) is 9.06. The van der Waals surface area contributed by atoms with Crippen LogP contribution in [0.4, 0.5) is 18.9 Å². The standard InChI is InChI=1S/C20H20F3N3O4/c1-18-8-13(25-28-2)19(30-18)5-6-29-17-15(19)14(18)16(27)26(17)11-4-3-10(9-24)12(7-11)20(21,22)23/h3-4,7,13-15,17,25H,5-6,8H2,1-2H3/t13-,14+,15-,17-,18+,19-/m0/s1. The van der Waals surface area contributed by atoms with Crippen LogP contribution >= 0.6 is 0 Å². The molecular weight excluding hydrogens is 403 g/mol. The number of nitriles is 1. The van der Waals surface area contributed by atoms with Crippen molar-refractivity contribution in [3.63, 3.8) is 0 Å². The van der Waals surface area contributed by atoms with E-state index in [1.807, 2.05) is 6.92 Å². The molecule has 0 saturated carbocycles. The maximum absolute atomic E-state index is 13.5. The highest BCUT2D eigenvalue weighted by molar-refractivity contribution is 6.00. The van der Waals surface area contributed by atoms with E-state index < -0.39 is 40.7 Å². The largest absolute Gasteiger partial charge is 0.417 e. The molecule has 4 aliphatic heterocycles. The highest BCUT2D eigenvalue weighted by atomic mass is 19.4. The first kappa shape index (κ1) is 19.8. The van der Waals surface area contributed by atoms with Gasteiger partial charge in [0.05, 0.1) is 54.1 Å². The van der Waals surface area contributed by atoms with Crippen LogP contribution in [-0.4, -0.2) is 43.1 Å². The molecule has 7 nitrogen and oxygen atoms in total. The van der Waals surface area contributed by atoms with Crippen molar-refractivity contribution in [1.29, 1.82) is 5.26 Å². The number of alkyl halides is 3. The number of hydrogen-bond donors (Lipinski definition) is 1. The van der Waals surface area contributed by atoms with E-state index in [0.717, 1.165) is 12.1 Å². The predicted molar refractivity (Wildman–Crippen MR) is 95.8 cm³/mol. The molecule has 1 amide bonds. The van der Waals surface area contributed by atoms with Crippen LogP contribution in [0.3, 0.4) is 0 Å². The lowest BCUT2D eigenvalue weighted by atomic mass is 9.64. The zero-order valence-electron chi connectivity index (χ0n) is 16.3. The van der Waals surface area contributed by atoms with Crippen LogP contribution in [0.25, 0.3) is 0 Å². The fourth-order valence-corrected chi connectivity index (χ4v) is 6.02. The first-order valence-electron chi connectivity index (χ1n) is 9.71. The lowest BCUT2D eigenvalue weighted by molar-refractivity contribution is -0.154. The smallest absolute Gasteiger partial charge is 0.366 e. The molecule has 1 spiro atoms. The van der Waals surface area contributed by atoms with Crippen molar-refractivity contribution >= 4 is 11.6 Å². The Hall–Kier alpha value is -2.19. The molecule has 4 saturated heterocycles. The molecule has 4 aliphatic rings. The first-order chi connectivity index (χ1) is 14.2. The molecule has 0 aromatic heterocycles. The van der Waals surface area contributed by atoms with Crippen molar-refractivity contribution in [2.45, 2.75) is 49.4 Å². The Balaban J connectivity index is 1.60. The Morgan fingerprint density at radius 1 is 1.40 bits per heavy atom. The lowest BCUT2D eigenvalue weighted by Gasteiger charge is -2.45. The number of fused-ring (bicyclic) bond motifs is 2. The second kappa shape index (κ2) is 6.17. The van der Waals surface area contributed by atoms with E-state index in [0.29, 0.717) is 19.4 Å². The SMILES string of the molecule is CON[C@H]1C[C@@]2(C)O[C@@]13CCO[C@H]1[C@@H]3[C@@H]2C(=O)N1c1ccc(C#N)c(C(F)(F)F)c1. The third-order valence-corrected chi connectivity index (χ3v) is 7.02. The lowest BCUT2D eigenvalue weighted by Crippen LogP contribution is -2.60. The van der Waals surface area contributed by atoms with Crippen molar-refractivity contribution in [2.75, 3.05) is 18.6 Å². The zero-order chi connectivity index (χ0) is 21.5. The van der Waals surface area contributed by atoms with Crippen LogP contribution in [0.15, 0.2) is 18.2 Å². The molecule has 6 atom stereocenters. The Labute approximate surface area is 170 Å². The molecule has 4 fully saturated rings. The summed E-state index contributed by atoms with van der Waals surface area (Å²) in [6, 6.07) is 4.74. The third-order valence-electron chi connectivity index (χ3n) is 7.02. The molecule has 2 bridgehead atoms. The van der Waals surface area contributed by atoms with Gasteiger partial charge in [0.15, 0.2) is 0 Å². The minimum Gasteiger partial charge on any atom is -0.366 e. The second-order valence-electron chi connectivity index (χ2n) is 8.51. The predicted octanol–water partition coefficient (Wildman–Crippen LogP) is 2.35. The summed E-state index contributed by atoms with van der Waals surface area (Å²) >= 11 is 0. The Kier molecular flexibility index (Phi) is 4.06. The van der Waals surface area contributed by atoms with Crippen molar-refractivity contribution < 1.29 is 32.3 Å². The molecule has 5 rings (SSSR count). The first-order valence-corrected chi connectivity index (χ1v) is 9.71. The average Bonchev–Trinajstić information content (AvgIpc) is 3.25. The monoisotopic (exact) mass is 423 g/mol. The summed E-state index contributed by atoms with van der Waals surface area (Å²) in [6.45, 7) is 2.17. The fraction of sp³-hybridized carbons (Fsp3) is 0.600. The normalized spacial score (nSPS) is 39.3. The topological polar surface area (TPSA) is 83.8 Å². The molecule has 1 aromatic carbocycles. The average molecular weight is 423 g/mol. The summed E-state index contributed by atoms with van der Waals surface area (Å²) in [7, 11) is 1.51. The minimum absolute atomic E-state index is 0.0713. The van der Waals surface area contributed by atoms with Crippen molar-refractivity contribution in [2.24, 2.45) is 11.8 Å². The van der Waals surface area contributed by atoms with Gasteiger partial charge >= 0.3 is 6.18 Å². The van der Waals surface area contributed by atoms with E-state index >= 15 is 0 Å². The molecule has 0 aliphatic carbocycles. The van der Waals surface area contributed by atoms with Gasteiger partial charge in [0, 0.05) is 18.0 Å². The number of ether oxygens (including phenoxy) is 2. The van der Waals surface area contributed by atoms with Gasteiger partial charge in [-0.3, -0.25) is 9.69 Å². The van der Waals surface area contributed by atoms with Gasteiger partial charge in [0.25, 0.3) is 0 Å². The van der Waals surface area contributed by atoms with Crippen molar-refractivity contribution in [3.05, 3.63) is 29.3 Å². The fourth-order valence-electron chi connectivity index (χ4n) is 6.02. The van der Waals surface area contributed by atoms with Crippen LogP contribution in [0.5, 0.6) is 0 Å². The number of nitrogens with zero attached hydrogens (tertiary/aromatic N) is 2. The summed E-state index contributed by atoms with van der Waals surface area (Å²) in [6.07, 6.45) is -4.34. The maximum Gasteiger partial charge on any atom is 0.417 e. The van der Waals surface area contributed by atoms with Gasteiger partial charge < -0.3 is 14.3 Å². The van der Waals surface area contributed by atoms with Gasteiger partial charge in [-0.2, -0.15) is 23.9 Å². The van der Waals surface area contributed by atoms with E-state index in [1.54, 1.807) is 6.07 Å². The Morgan fingerprint density at radius 2 is 2.17 bits per heavy atom. The summed E-state index contributed by atoms with van der Waals surface area (Å²) in [5.74, 6) is -1.18. The number of hydroxylamine groups is 1. The van der Waals surface area contributed by atoms with E-state index in [-0.39, 0.29) is 23.6 Å². The minimum atomic E-state index is -4.71. The van der Waals surface area contributed by atoms with Gasteiger partial charge in [0.2, 0.25) is 5.91 Å². The maximum atomic E-state index is 13.5.